The van der Waals surface area contributed by atoms with Gasteiger partial charge in [0.05, 0.1) is 0 Å². The molecule has 0 heterocycles. The number of hydrogen-bond donors (Lipinski definition) is 1. The van der Waals surface area contributed by atoms with Gasteiger partial charge in [-0.15, -0.1) is 17.8 Å². The van der Waals surface area contributed by atoms with E-state index in [4.69, 9.17) is 10.1 Å². The second kappa shape index (κ2) is 7110. The molecule has 0 aromatic heterocycles. The molecule has 1 N–H and O–H groups in total. The first-order chi connectivity index (χ1) is 2.41. The van der Waals surface area contributed by atoms with E-state index in [1.807, 2.05) is 0 Å². The summed E-state index contributed by atoms with van der Waals surface area (Å²) in [7, 11) is 0. The standard InChI is InChI=1S/C2H2.HNO2/c1-2;2-1-3/h1-2H;(H,2,3). The summed E-state index contributed by atoms with van der Waals surface area (Å²) in [5.74, 6) is 0. The summed E-state index contributed by atoms with van der Waals surface area (Å²) in [6, 6.07) is 0. The highest BCUT2D eigenvalue weighted by Gasteiger charge is 1.18. The molecule has 0 spiro atoms. The zero-order chi connectivity index (χ0) is 4.71. The topological polar surface area (TPSA) is 49.7 Å². The SMILES string of the molecule is C#C.O=NO. The van der Waals surface area contributed by atoms with E-state index >= 15 is 0 Å². The fourth-order valence-corrected chi connectivity index (χ4v) is 0. The van der Waals surface area contributed by atoms with Gasteiger partial charge in [-0.1, -0.05) is 0 Å². The van der Waals surface area contributed by atoms with E-state index in [0.29, 0.717) is 0 Å². The minimum absolute atomic E-state index is 1.25. The van der Waals surface area contributed by atoms with Gasteiger partial charge in [-0.25, -0.2) is 0 Å². The van der Waals surface area contributed by atoms with E-state index in [-0.39, 0.29) is 0 Å². The molecule has 0 saturated heterocycles. The van der Waals surface area contributed by atoms with Crippen LogP contribution < -0.4 is 0 Å². The van der Waals surface area contributed by atoms with Crippen LogP contribution in [-0.2, 0) is 0 Å². The summed E-state index contributed by atoms with van der Waals surface area (Å²) < 4.78 is 0. The van der Waals surface area contributed by atoms with Crippen LogP contribution >= 0.6 is 0 Å². The summed E-state index contributed by atoms with van der Waals surface area (Å²) in [6.07, 6.45) is 8.00. The first-order valence-electron chi connectivity index (χ1n) is 0.716. The van der Waals surface area contributed by atoms with Crippen molar-refractivity contribution in [1.29, 1.82) is 0 Å². The summed E-state index contributed by atoms with van der Waals surface area (Å²) in [4.78, 5) is 8.11. The fourth-order valence-electron chi connectivity index (χ4n) is 0. The van der Waals surface area contributed by atoms with Crippen molar-refractivity contribution in [2.24, 2.45) is 5.34 Å². The van der Waals surface area contributed by atoms with Crippen molar-refractivity contribution < 1.29 is 5.21 Å². The molecule has 0 aliphatic heterocycles. The number of nitrogens with zero attached hydrogens (tertiary/aromatic N) is 1. The number of hydrogen-bond acceptors (Lipinski definition) is 2. The molecule has 0 radical (unpaired) electrons. The molecule has 3 heteroatoms. The molecule has 0 atom stereocenters. The van der Waals surface area contributed by atoms with Crippen LogP contribution in [0.25, 0.3) is 0 Å². The van der Waals surface area contributed by atoms with Crippen molar-refractivity contribution in [3.63, 3.8) is 0 Å². The molecule has 5 heavy (non-hydrogen) atoms. The largest absolute Gasteiger partial charge is 0.379 e. The van der Waals surface area contributed by atoms with Crippen molar-refractivity contribution >= 4 is 0 Å². The third-order valence-corrected chi connectivity index (χ3v) is 0. The molecule has 0 saturated carbocycles. The molecule has 0 bridgehead atoms. The Morgan fingerprint density at radius 1 is 1.60 bits per heavy atom. The van der Waals surface area contributed by atoms with Gasteiger partial charge in [0.25, 0.3) is 0 Å². The summed E-state index contributed by atoms with van der Waals surface area (Å²) in [5, 5.41) is 7.89. The van der Waals surface area contributed by atoms with Crippen molar-refractivity contribution in [2.75, 3.05) is 0 Å². The first kappa shape index (κ1) is 9.03. The van der Waals surface area contributed by atoms with Gasteiger partial charge in [0.1, 0.15) is 0 Å². The second-order valence-electron chi connectivity index (χ2n) is 0.0816. The van der Waals surface area contributed by atoms with Crippen LogP contribution in [0.4, 0.5) is 0 Å². The lowest BCUT2D eigenvalue weighted by Gasteiger charge is -1.32. The van der Waals surface area contributed by atoms with E-state index in [9.17, 15) is 0 Å². The molecule has 0 amide bonds. The van der Waals surface area contributed by atoms with E-state index < -0.39 is 0 Å². The molecular formula is C2H3NO2. The van der Waals surface area contributed by atoms with Crippen LogP contribution in [0.1, 0.15) is 0 Å². The lowest BCUT2D eigenvalue weighted by molar-refractivity contribution is 0.312. The minimum atomic E-state index is 1.25. The molecule has 0 aromatic rings. The third kappa shape index (κ3) is 2.52. The van der Waals surface area contributed by atoms with Crippen LogP contribution in [0.5, 0.6) is 0 Å². The van der Waals surface area contributed by atoms with Crippen molar-refractivity contribution in [3.8, 4) is 12.8 Å². The predicted molar refractivity (Wildman–Crippen MR) is 17.5 cm³/mol. The predicted octanol–water partition coefficient (Wildman–Crippen LogP) is 0.391. The lowest BCUT2D eigenvalue weighted by Crippen LogP contribution is -1.25. The Hall–Kier alpha value is -1.04. The maximum Gasteiger partial charge on any atom is 0.152 e. The molecule has 0 fully saturated rings. The van der Waals surface area contributed by atoms with Crippen LogP contribution in [0.3, 0.4) is 0 Å². The Balaban J connectivity index is 0. The number of terminal acetylenes is 1. The molecule has 0 unspecified atom stereocenters. The third-order valence-electron chi connectivity index (χ3n) is 0. The maximum absolute atomic E-state index is 8.11. The normalized spacial score (nSPS) is 2.80. The molecule has 3 nitrogen and oxygen atoms in total. The van der Waals surface area contributed by atoms with E-state index in [1.54, 1.807) is 0 Å². The van der Waals surface area contributed by atoms with Gasteiger partial charge < -0.3 is 5.21 Å². The van der Waals surface area contributed by atoms with E-state index in [2.05, 4.69) is 12.8 Å². The summed E-state index contributed by atoms with van der Waals surface area (Å²) in [6.45, 7) is 0. The second-order valence-corrected chi connectivity index (χ2v) is 0.0816. The van der Waals surface area contributed by atoms with Crippen LogP contribution in [0.15, 0.2) is 5.34 Å². The van der Waals surface area contributed by atoms with Gasteiger partial charge in [-0.05, 0) is 0 Å². The van der Waals surface area contributed by atoms with Crippen molar-refractivity contribution in [2.45, 2.75) is 0 Å². The molecule has 0 rings (SSSR count). The highest BCUT2D eigenvalue weighted by molar-refractivity contribution is 4.47. The molecule has 0 aliphatic rings. The van der Waals surface area contributed by atoms with E-state index in [0.717, 1.165) is 0 Å². The van der Waals surface area contributed by atoms with Crippen LogP contribution in [-0.4, -0.2) is 5.21 Å². The molecule has 0 aromatic carbocycles. The average Bonchev–Trinajstić information content (AvgIpc) is 1.46. The fraction of sp³-hybridized carbons (Fsp3) is 0. The van der Waals surface area contributed by atoms with Crippen LogP contribution in [0, 0.1) is 17.8 Å². The molecule has 28 valence electrons. The zero-order valence-corrected chi connectivity index (χ0v) is 2.46. The Morgan fingerprint density at radius 2 is 1.60 bits per heavy atom. The highest BCUT2D eigenvalue weighted by atomic mass is 16.6. The Labute approximate surface area is 29.6 Å². The average molecular weight is 73.1 g/mol. The van der Waals surface area contributed by atoms with Gasteiger partial charge in [0.2, 0.25) is 0 Å². The smallest absolute Gasteiger partial charge is 0.152 e. The van der Waals surface area contributed by atoms with E-state index in [1.165, 1.54) is 5.34 Å². The minimum Gasteiger partial charge on any atom is -0.379 e. The highest BCUT2D eigenvalue weighted by Crippen LogP contribution is 1.25. The Bertz CT molecular complexity index is 31.9. The van der Waals surface area contributed by atoms with Gasteiger partial charge in [-0.2, -0.15) is 0 Å². The Morgan fingerprint density at radius 3 is 1.60 bits per heavy atom. The molecular weight excluding hydrogens is 70.0 g/mol. The maximum atomic E-state index is 8.11. The molecule has 0 aliphatic carbocycles. The summed E-state index contributed by atoms with van der Waals surface area (Å²) in [5.41, 5.74) is 0. The lowest BCUT2D eigenvalue weighted by atomic mass is 11.4. The first-order valence-corrected chi connectivity index (χ1v) is 0.716. The van der Waals surface area contributed by atoms with Crippen molar-refractivity contribution in [1.82, 2.24) is 0 Å². The number of rotatable bonds is 0. The van der Waals surface area contributed by atoms with Gasteiger partial charge in [0.15, 0.2) is 5.34 Å². The quantitative estimate of drug-likeness (QED) is 0.256. The van der Waals surface area contributed by atoms with Gasteiger partial charge in [0, 0.05) is 0 Å². The van der Waals surface area contributed by atoms with Crippen LogP contribution in [0.2, 0.25) is 0 Å². The van der Waals surface area contributed by atoms with Crippen molar-refractivity contribution in [3.05, 3.63) is 4.91 Å². The van der Waals surface area contributed by atoms with Gasteiger partial charge in [-0.3, -0.25) is 0 Å². The summed E-state index contributed by atoms with van der Waals surface area (Å²) >= 11 is 0. The van der Waals surface area contributed by atoms with Gasteiger partial charge >= 0.3 is 0 Å². The Kier molecular flexibility index (Phi) is 12800. The monoisotopic (exact) mass is 73.0 g/mol. The zero-order valence-electron chi connectivity index (χ0n) is 2.46.